The molecule has 0 fully saturated rings. The van der Waals surface area contributed by atoms with Crippen molar-refractivity contribution in [2.75, 3.05) is 7.11 Å². The third-order valence-electron chi connectivity index (χ3n) is 1.55. The molecule has 0 saturated heterocycles. The number of carbonyl (C=O) groups is 1. The summed E-state index contributed by atoms with van der Waals surface area (Å²) in [5, 5.41) is 0.378. The van der Waals surface area contributed by atoms with E-state index in [0.29, 0.717) is 16.3 Å². The Hall–Kier alpha value is -1.26. The molecule has 70 valence electrons. The number of hydrogen-bond donors (Lipinski definition) is 2. The number of nitrogens with one attached hydrogen (secondary N) is 1. The molecule has 0 spiro atoms. The summed E-state index contributed by atoms with van der Waals surface area (Å²) in [4.78, 5) is 11.2. The minimum atomic E-state index is -0.431. The predicted octanol–water partition coefficient (Wildman–Crippen LogP) is 0.952. The zero-order valence-electron chi connectivity index (χ0n) is 7.00. The van der Waals surface area contributed by atoms with Crippen molar-refractivity contribution < 1.29 is 9.53 Å². The topological polar surface area (TPSA) is 64.3 Å². The van der Waals surface area contributed by atoms with Gasteiger partial charge in [0.1, 0.15) is 5.75 Å². The fourth-order valence-electron chi connectivity index (χ4n) is 0.973. The van der Waals surface area contributed by atoms with E-state index in [9.17, 15) is 4.79 Å². The van der Waals surface area contributed by atoms with Gasteiger partial charge in [0.2, 0.25) is 0 Å². The van der Waals surface area contributed by atoms with Crippen LogP contribution in [0.2, 0.25) is 5.02 Å². The van der Waals surface area contributed by atoms with Crippen molar-refractivity contribution in [3.8, 4) is 5.75 Å². The van der Waals surface area contributed by atoms with Crippen LogP contribution in [0.25, 0.3) is 0 Å². The van der Waals surface area contributed by atoms with Gasteiger partial charge in [-0.1, -0.05) is 17.7 Å². The van der Waals surface area contributed by atoms with E-state index in [1.54, 1.807) is 18.2 Å². The molecule has 0 heterocycles. The van der Waals surface area contributed by atoms with Gasteiger partial charge in [-0.15, -0.1) is 0 Å². The molecule has 0 aliphatic carbocycles. The number of ether oxygens (including phenoxy) is 1. The monoisotopic (exact) mass is 200 g/mol. The average molecular weight is 201 g/mol. The summed E-state index contributed by atoms with van der Waals surface area (Å²) < 4.78 is 4.95. The zero-order chi connectivity index (χ0) is 9.84. The van der Waals surface area contributed by atoms with Gasteiger partial charge < -0.3 is 4.74 Å². The molecule has 0 aliphatic heterocycles. The predicted molar refractivity (Wildman–Crippen MR) is 49.7 cm³/mol. The number of hydrazine groups is 1. The van der Waals surface area contributed by atoms with Gasteiger partial charge in [-0.05, 0) is 12.1 Å². The molecule has 0 unspecified atom stereocenters. The molecule has 1 amide bonds. The smallest absolute Gasteiger partial charge is 0.268 e. The number of nitrogens with two attached hydrogens (primary N) is 1. The van der Waals surface area contributed by atoms with Gasteiger partial charge in [0.05, 0.1) is 17.7 Å². The first-order valence-corrected chi connectivity index (χ1v) is 3.92. The molecule has 13 heavy (non-hydrogen) atoms. The van der Waals surface area contributed by atoms with E-state index in [1.807, 2.05) is 5.43 Å². The molecule has 1 rings (SSSR count). The van der Waals surface area contributed by atoms with E-state index in [-0.39, 0.29) is 0 Å². The van der Waals surface area contributed by atoms with Gasteiger partial charge in [0.15, 0.2) is 0 Å². The van der Waals surface area contributed by atoms with Crippen molar-refractivity contribution in [2.45, 2.75) is 0 Å². The van der Waals surface area contributed by atoms with E-state index >= 15 is 0 Å². The minimum Gasteiger partial charge on any atom is -0.494 e. The lowest BCUT2D eigenvalue weighted by Crippen LogP contribution is -2.30. The second-order valence-corrected chi connectivity index (χ2v) is 2.70. The summed E-state index contributed by atoms with van der Waals surface area (Å²) in [5.74, 6) is 4.87. The van der Waals surface area contributed by atoms with E-state index in [4.69, 9.17) is 22.2 Å². The number of methoxy groups -OCH3 is 1. The highest BCUT2D eigenvalue weighted by molar-refractivity contribution is 6.32. The Morgan fingerprint density at radius 2 is 2.31 bits per heavy atom. The molecule has 0 atom stereocenters. The number of hydrogen-bond acceptors (Lipinski definition) is 3. The van der Waals surface area contributed by atoms with Gasteiger partial charge in [0, 0.05) is 0 Å². The molecule has 1 aromatic rings. The maximum atomic E-state index is 11.2. The first-order valence-electron chi connectivity index (χ1n) is 3.54. The molecule has 0 aliphatic rings. The van der Waals surface area contributed by atoms with Crippen LogP contribution in [0.4, 0.5) is 0 Å². The third-order valence-corrected chi connectivity index (χ3v) is 1.84. The van der Waals surface area contributed by atoms with Crippen molar-refractivity contribution in [2.24, 2.45) is 5.84 Å². The van der Waals surface area contributed by atoms with Gasteiger partial charge in [-0.3, -0.25) is 10.2 Å². The van der Waals surface area contributed by atoms with Crippen LogP contribution >= 0.6 is 11.6 Å². The highest BCUT2D eigenvalue weighted by Crippen LogP contribution is 2.27. The van der Waals surface area contributed by atoms with Crippen molar-refractivity contribution in [3.63, 3.8) is 0 Å². The summed E-state index contributed by atoms with van der Waals surface area (Å²) in [6.07, 6.45) is 0. The van der Waals surface area contributed by atoms with E-state index < -0.39 is 5.91 Å². The van der Waals surface area contributed by atoms with E-state index in [2.05, 4.69) is 0 Å². The lowest BCUT2D eigenvalue weighted by atomic mass is 10.2. The Kier molecular flexibility index (Phi) is 3.11. The Bertz CT molecular complexity index is 328. The lowest BCUT2D eigenvalue weighted by molar-refractivity contribution is 0.0950. The van der Waals surface area contributed by atoms with Gasteiger partial charge >= 0.3 is 0 Å². The van der Waals surface area contributed by atoms with Crippen LogP contribution in [-0.2, 0) is 0 Å². The number of amides is 1. The van der Waals surface area contributed by atoms with Crippen LogP contribution in [0.3, 0.4) is 0 Å². The normalized spacial score (nSPS) is 9.46. The molecule has 3 N–H and O–H groups in total. The summed E-state index contributed by atoms with van der Waals surface area (Å²) in [6, 6.07) is 4.86. The molecule has 0 radical (unpaired) electrons. The molecular weight excluding hydrogens is 192 g/mol. The first-order chi connectivity index (χ1) is 6.20. The van der Waals surface area contributed by atoms with Crippen molar-refractivity contribution in [1.82, 2.24) is 5.43 Å². The fourth-order valence-corrected chi connectivity index (χ4v) is 1.22. The number of halogens is 1. The van der Waals surface area contributed by atoms with Crippen LogP contribution in [0.5, 0.6) is 5.75 Å². The van der Waals surface area contributed by atoms with Crippen LogP contribution in [0, 0.1) is 0 Å². The summed E-state index contributed by atoms with van der Waals surface area (Å²) in [6.45, 7) is 0. The van der Waals surface area contributed by atoms with Crippen LogP contribution < -0.4 is 16.0 Å². The highest BCUT2D eigenvalue weighted by Gasteiger charge is 2.12. The fraction of sp³-hybridized carbons (Fsp3) is 0.125. The number of carbonyl (C=O) groups excluding carboxylic acids is 1. The molecule has 0 bridgehead atoms. The van der Waals surface area contributed by atoms with Gasteiger partial charge in [-0.25, -0.2) is 5.84 Å². The van der Waals surface area contributed by atoms with Crippen molar-refractivity contribution >= 4 is 17.5 Å². The molecule has 4 nitrogen and oxygen atoms in total. The SMILES string of the molecule is COc1c(Cl)cccc1C(=O)NN. The standard InChI is InChI=1S/C8H9ClN2O2/c1-13-7-5(8(12)11-10)3-2-4-6(7)9/h2-4H,10H2,1H3,(H,11,12). The number of rotatable bonds is 2. The van der Waals surface area contributed by atoms with Crippen molar-refractivity contribution in [1.29, 1.82) is 0 Å². The Balaban J connectivity index is 3.20. The number of para-hydroxylation sites is 1. The molecular formula is C8H9ClN2O2. The largest absolute Gasteiger partial charge is 0.494 e. The number of nitrogen functional groups attached to an aromatic ring is 1. The van der Waals surface area contributed by atoms with Crippen LogP contribution in [0.15, 0.2) is 18.2 Å². The van der Waals surface area contributed by atoms with E-state index in [0.717, 1.165) is 0 Å². The second kappa shape index (κ2) is 4.11. The van der Waals surface area contributed by atoms with Gasteiger partial charge in [0.25, 0.3) is 5.91 Å². The molecule has 1 aromatic carbocycles. The Morgan fingerprint density at radius 3 is 2.85 bits per heavy atom. The maximum absolute atomic E-state index is 11.2. The quantitative estimate of drug-likeness (QED) is 0.425. The first kappa shape index (κ1) is 9.83. The zero-order valence-corrected chi connectivity index (χ0v) is 7.76. The lowest BCUT2D eigenvalue weighted by Gasteiger charge is -2.07. The molecule has 0 saturated carbocycles. The Morgan fingerprint density at radius 1 is 1.62 bits per heavy atom. The Labute approximate surface area is 80.6 Å². The summed E-state index contributed by atoms with van der Waals surface area (Å²) >= 11 is 5.78. The van der Waals surface area contributed by atoms with E-state index in [1.165, 1.54) is 7.11 Å². The second-order valence-electron chi connectivity index (χ2n) is 2.29. The summed E-state index contributed by atoms with van der Waals surface area (Å²) in [5.41, 5.74) is 2.32. The van der Waals surface area contributed by atoms with Gasteiger partial charge in [-0.2, -0.15) is 0 Å². The molecule has 5 heteroatoms. The molecule has 0 aromatic heterocycles. The number of benzene rings is 1. The third kappa shape index (κ3) is 1.91. The minimum absolute atomic E-state index is 0.317. The van der Waals surface area contributed by atoms with Crippen molar-refractivity contribution in [3.05, 3.63) is 28.8 Å². The maximum Gasteiger partial charge on any atom is 0.268 e. The summed E-state index contributed by atoms with van der Waals surface area (Å²) in [7, 11) is 1.44. The average Bonchev–Trinajstić information content (AvgIpc) is 2.16. The van der Waals surface area contributed by atoms with Crippen LogP contribution in [-0.4, -0.2) is 13.0 Å². The van der Waals surface area contributed by atoms with Crippen LogP contribution in [0.1, 0.15) is 10.4 Å². The highest BCUT2D eigenvalue weighted by atomic mass is 35.5.